The van der Waals surface area contributed by atoms with E-state index in [2.05, 4.69) is 6.92 Å². The van der Waals surface area contributed by atoms with Gasteiger partial charge in [-0.1, -0.05) is 26.2 Å². The maximum atomic E-state index is 11.6. The van der Waals surface area contributed by atoms with Gasteiger partial charge in [-0.25, -0.2) is 0 Å². The largest absolute Gasteiger partial charge is 0.466 e. The van der Waals surface area contributed by atoms with E-state index in [1.807, 2.05) is 0 Å². The van der Waals surface area contributed by atoms with Crippen LogP contribution in [0.3, 0.4) is 0 Å². The van der Waals surface area contributed by atoms with E-state index < -0.39 is 0 Å². The molecule has 19 heavy (non-hydrogen) atoms. The Hall–Kier alpha value is -1.06. The lowest BCUT2D eigenvalue weighted by molar-refractivity contribution is -0.154. The molecule has 4 heteroatoms. The first-order valence-corrected chi connectivity index (χ1v) is 7.57. The molecule has 0 aliphatic heterocycles. The van der Waals surface area contributed by atoms with Gasteiger partial charge in [0.05, 0.1) is 19.4 Å². The summed E-state index contributed by atoms with van der Waals surface area (Å²) in [6.07, 6.45) is 8.85. The van der Waals surface area contributed by atoms with Crippen molar-refractivity contribution >= 4 is 11.9 Å². The Morgan fingerprint density at radius 2 is 1.68 bits per heavy atom. The third-order valence-corrected chi connectivity index (χ3v) is 3.39. The molecule has 0 N–H and O–H groups in total. The summed E-state index contributed by atoms with van der Waals surface area (Å²) in [7, 11) is 0. The molecule has 0 saturated heterocycles. The SMILES string of the molecule is CCCCCOC(=O)CCC(=O)OC1CCCCC1. The highest BCUT2D eigenvalue weighted by Crippen LogP contribution is 2.20. The lowest BCUT2D eigenvalue weighted by Crippen LogP contribution is -2.21. The summed E-state index contributed by atoms with van der Waals surface area (Å²) in [5.74, 6) is -0.561. The van der Waals surface area contributed by atoms with E-state index in [1.165, 1.54) is 6.42 Å². The molecule has 1 aliphatic carbocycles. The number of ether oxygens (including phenoxy) is 2. The number of hydrogen-bond acceptors (Lipinski definition) is 4. The second kappa shape index (κ2) is 9.82. The number of rotatable bonds is 8. The van der Waals surface area contributed by atoms with Crippen LogP contribution in [-0.4, -0.2) is 24.6 Å². The minimum Gasteiger partial charge on any atom is -0.466 e. The predicted molar refractivity (Wildman–Crippen MR) is 72.7 cm³/mol. The first kappa shape index (κ1) is 16.0. The third-order valence-electron chi connectivity index (χ3n) is 3.39. The van der Waals surface area contributed by atoms with E-state index in [1.54, 1.807) is 0 Å². The van der Waals surface area contributed by atoms with Crippen LogP contribution in [0.1, 0.15) is 71.1 Å². The Morgan fingerprint density at radius 3 is 2.37 bits per heavy atom. The quantitative estimate of drug-likeness (QED) is 0.501. The Kier molecular flexibility index (Phi) is 8.26. The van der Waals surface area contributed by atoms with Crippen molar-refractivity contribution in [1.82, 2.24) is 0 Å². The van der Waals surface area contributed by atoms with Crippen molar-refractivity contribution in [3.8, 4) is 0 Å². The lowest BCUT2D eigenvalue weighted by atomic mass is 9.98. The fourth-order valence-corrected chi connectivity index (χ4v) is 2.24. The zero-order valence-corrected chi connectivity index (χ0v) is 12.0. The second-order valence-corrected chi connectivity index (χ2v) is 5.18. The lowest BCUT2D eigenvalue weighted by Gasteiger charge is -2.21. The first-order chi connectivity index (χ1) is 9.22. The standard InChI is InChI=1S/C15H26O4/c1-2-3-7-12-18-14(16)10-11-15(17)19-13-8-5-4-6-9-13/h13H,2-12H2,1H3. The topological polar surface area (TPSA) is 52.6 Å². The van der Waals surface area contributed by atoms with Crippen molar-refractivity contribution in [2.45, 2.75) is 77.2 Å². The normalized spacial score (nSPS) is 16.1. The Morgan fingerprint density at radius 1 is 1.00 bits per heavy atom. The molecule has 1 rings (SSSR count). The summed E-state index contributed by atoms with van der Waals surface area (Å²) < 4.78 is 10.4. The molecular weight excluding hydrogens is 244 g/mol. The number of hydrogen-bond donors (Lipinski definition) is 0. The molecule has 0 radical (unpaired) electrons. The average Bonchev–Trinajstić information content (AvgIpc) is 2.42. The van der Waals surface area contributed by atoms with Gasteiger partial charge in [-0.3, -0.25) is 9.59 Å². The molecule has 0 aromatic rings. The monoisotopic (exact) mass is 270 g/mol. The highest BCUT2D eigenvalue weighted by Gasteiger charge is 2.18. The number of esters is 2. The highest BCUT2D eigenvalue weighted by atomic mass is 16.5. The smallest absolute Gasteiger partial charge is 0.306 e. The van der Waals surface area contributed by atoms with Crippen LogP contribution in [0.4, 0.5) is 0 Å². The fraction of sp³-hybridized carbons (Fsp3) is 0.867. The van der Waals surface area contributed by atoms with Gasteiger partial charge in [0.25, 0.3) is 0 Å². The van der Waals surface area contributed by atoms with Crippen molar-refractivity contribution in [1.29, 1.82) is 0 Å². The van der Waals surface area contributed by atoms with Gasteiger partial charge in [0.2, 0.25) is 0 Å². The van der Waals surface area contributed by atoms with Gasteiger partial charge >= 0.3 is 11.9 Å². The van der Waals surface area contributed by atoms with Crippen LogP contribution in [0, 0.1) is 0 Å². The summed E-state index contributed by atoms with van der Waals surface area (Å²) in [6.45, 7) is 2.56. The molecule has 0 bridgehead atoms. The van der Waals surface area contributed by atoms with Gasteiger partial charge < -0.3 is 9.47 Å². The van der Waals surface area contributed by atoms with E-state index in [0.29, 0.717) is 6.61 Å². The van der Waals surface area contributed by atoms with Crippen LogP contribution in [0.25, 0.3) is 0 Å². The molecule has 4 nitrogen and oxygen atoms in total. The van der Waals surface area contributed by atoms with Gasteiger partial charge in [-0.2, -0.15) is 0 Å². The molecule has 110 valence electrons. The summed E-state index contributed by atoms with van der Waals surface area (Å²) >= 11 is 0. The molecular formula is C15H26O4. The van der Waals surface area contributed by atoms with E-state index >= 15 is 0 Å². The van der Waals surface area contributed by atoms with Crippen molar-refractivity contribution < 1.29 is 19.1 Å². The molecule has 0 heterocycles. The van der Waals surface area contributed by atoms with Gasteiger partial charge in [-0.15, -0.1) is 0 Å². The zero-order chi connectivity index (χ0) is 13.9. The van der Waals surface area contributed by atoms with Crippen molar-refractivity contribution in [3.63, 3.8) is 0 Å². The van der Waals surface area contributed by atoms with E-state index in [4.69, 9.17) is 9.47 Å². The molecule has 0 unspecified atom stereocenters. The number of unbranched alkanes of at least 4 members (excludes halogenated alkanes) is 2. The Balaban J connectivity index is 2.03. The van der Waals surface area contributed by atoms with Crippen LogP contribution in [0.15, 0.2) is 0 Å². The molecule has 1 aliphatic rings. The third kappa shape index (κ3) is 7.85. The second-order valence-electron chi connectivity index (χ2n) is 5.18. The maximum Gasteiger partial charge on any atom is 0.306 e. The molecule has 1 fully saturated rings. The minimum atomic E-state index is -0.295. The summed E-state index contributed by atoms with van der Waals surface area (Å²) in [6, 6.07) is 0. The van der Waals surface area contributed by atoms with Crippen molar-refractivity contribution in [2.24, 2.45) is 0 Å². The number of carbonyl (C=O) groups is 2. The maximum absolute atomic E-state index is 11.6. The Bertz CT molecular complexity index is 269. The van der Waals surface area contributed by atoms with Crippen LogP contribution in [0.5, 0.6) is 0 Å². The average molecular weight is 270 g/mol. The molecule has 1 saturated carbocycles. The Labute approximate surface area is 115 Å². The first-order valence-electron chi connectivity index (χ1n) is 7.57. The van der Waals surface area contributed by atoms with Crippen molar-refractivity contribution in [2.75, 3.05) is 6.61 Å². The van der Waals surface area contributed by atoms with Gasteiger partial charge in [0, 0.05) is 0 Å². The van der Waals surface area contributed by atoms with Crippen LogP contribution < -0.4 is 0 Å². The highest BCUT2D eigenvalue weighted by molar-refractivity contribution is 5.77. The fourth-order valence-electron chi connectivity index (χ4n) is 2.24. The van der Waals surface area contributed by atoms with E-state index in [0.717, 1.165) is 44.9 Å². The van der Waals surface area contributed by atoms with E-state index in [9.17, 15) is 9.59 Å². The summed E-state index contributed by atoms with van der Waals surface area (Å²) in [5, 5.41) is 0. The molecule has 0 aromatic heterocycles. The molecule has 0 spiro atoms. The van der Waals surface area contributed by atoms with Crippen molar-refractivity contribution in [3.05, 3.63) is 0 Å². The van der Waals surface area contributed by atoms with Crippen LogP contribution in [-0.2, 0) is 19.1 Å². The van der Waals surface area contributed by atoms with Crippen LogP contribution in [0.2, 0.25) is 0 Å². The predicted octanol–water partition coefficient (Wildman–Crippen LogP) is 3.38. The zero-order valence-electron chi connectivity index (χ0n) is 12.0. The van der Waals surface area contributed by atoms with E-state index in [-0.39, 0.29) is 30.9 Å². The van der Waals surface area contributed by atoms with Gasteiger partial charge in [-0.05, 0) is 32.1 Å². The minimum absolute atomic E-state index is 0.0711. The number of carbonyl (C=O) groups excluding carboxylic acids is 2. The molecule has 0 amide bonds. The molecule has 0 atom stereocenters. The van der Waals surface area contributed by atoms with Gasteiger partial charge in [0.15, 0.2) is 0 Å². The van der Waals surface area contributed by atoms with Crippen LogP contribution >= 0.6 is 0 Å². The summed E-state index contributed by atoms with van der Waals surface area (Å²) in [5.41, 5.74) is 0. The van der Waals surface area contributed by atoms with Gasteiger partial charge in [0.1, 0.15) is 6.10 Å². The summed E-state index contributed by atoms with van der Waals surface area (Å²) in [4.78, 5) is 22.9. The molecule has 0 aromatic carbocycles.